The lowest BCUT2D eigenvalue weighted by molar-refractivity contribution is -0.138. The van der Waals surface area contributed by atoms with E-state index in [2.05, 4.69) is 20.3 Å². The summed E-state index contributed by atoms with van der Waals surface area (Å²) in [6.45, 7) is 0.502. The van der Waals surface area contributed by atoms with Gasteiger partial charge in [-0.15, -0.1) is 11.3 Å². The zero-order chi connectivity index (χ0) is 12.3. The molecule has 1 unspecified atom stereocenters. The molecule has 0 saturated carbocycles. The first-order valence-electron chi connectivity index (χ1n) is 4.83. The van der Waals surface area contributed by atoms with Crippen molar-refractivity contribution in [3.63, 3.8) is 0 Å². The second-order valence-corrected chi connectivity index (χ2v) is 4.14. The Balaban J connectivity index is 1.96. The number of rotatable bonds is 5. The molecular weight excluding hydrogens is 242 g/mol. The lowest BCUT2D eigenvalue weighted by Crippen LogP contribution is -2.20. The predicted octanol–water partition coefficient (Wildman–Crippen LogP) is 0.563. The minimum Gasteiger partial charge on any atom is -0.480 e. The second-order valence-electron chi connectivity index (χ2n) is 3.28. The first-order valence-corrected chi connectivity index (χ1v) is 5.70. The number of carboxylic acid groups (broad SMARTS) is 1. The van der Waals surface area contributed by atoms with Crippen LogP contribution < -0.4 is 11.1 Å². The number of aromatic nitrogens is 3. The van der Waals surface area contributed by atoms with Crippen LogP contribution in [-0.2, 0) is 11.3 Å². The summed E-state index contributed by atoms with van der Waals surface area (Å²) in [5, 5.41) is 14.0. The fourth-order valence-electron chi connectivity index (χ4n) is 1.19. The number of anilines is 1. The molecule has 90 valence electrons. The Hall–Kier alpha value is -1.93. The van der Waals surface area contributed by atoms with E-state index in [1.807, 2.05) is 0 Å². The van der Waals surface area contributed by atoms with Gasteiger partial charge >= 0.3 is 5.97 Å². The van der Waals surface area contributed by atoms with E-state index < -0.39 is 12.0 Å². The van der Waals surface area contributed by atoms with Crippen LogP contribution in [0.5, 0.6) is 0 Å². The van der Waals surface area contributed by atoms with Crippen LogP contribution in [-0.4, -0.2) is 26.0 Å². The molecule has 0 bridgehead atoms. The summed E-state index contributed by atoms with van der Waals surface area (Å²) in [6.07, 6.45) is 3.38. The molecule has 2 rings (SSSR count). The third kappa shape index (κ3) is 2.80. The second kappa shape index (κ2) is 4.93. The molecule has 0 aliphatic rings. The van der Waals surface area contributed by atoms with Crippen molar-refractivity contribution >= 4 is 22.4 Å². The summed E-state index contributed by atoms with van der Waals surface area (Å²) in [5.41, 5.74) is 5.79. The van der Waals surface area contributed by atoms with Crippen molar-refractivity contribution in [3.05, 3.63) is 29.3 Å². The number of carbonyl (C=O) groups is 1. The number of aliphatic carboxylic acids is 1. The minimum atomic E-state index is -1.09. The fourth-order valence-corrected chi connectivity index (χ4v) is 1.94. The number of imidazole rings is 1. The van der Waals surface area contributed by atoms with E-state index in [1.54, 1.807) is 17.8 Å². The molecule has 0 radical (unpaired) electrons. The minimum absolute atomic E-state index is 0.351. The largest absolute Gasteiger partial charge is 0.480 e. The molecule has 17 heavy (non-hydrogen) atoms. The summed E-state index contributed by atoms with van der Waals surface area (Å²) in [6, 6.07) is -1.08. The van der Waals surface area contributed by atoms with Gasteiger partial charge in [-0.05, 0) is 0 Å². The Labute approximate surface area is 101 Å². The van der Waals surface area contributed by atoms with Crippen LogP contribution in [0.15, 0.2) is 17.8 Å². The van der Waals surface area contributed by atoms with Crippen molar-refractivity contribution in [1.82, 2.24) is 15.0 Å². The van der Waals surface area contributed by atoms with Crippen LogP contribution in [0.2, 0.25) is 0 Å². The fraction of sp³-hybridized carbons (Fsp3) is 0.222. The standard InChI is InChI=1S/C9H11N5O2S/c10-7(8(15)16)5-4-17-9(14-5)13-3-6-11-1-2-12-6/h1-2,4,7H,3,10H2,(H,11,12)(H,13,14)(H,15,16). The molecule has 0 amide bonds. The highest BCUT2D eigenvalue weighted by atomic mass is 32.1. The highest BCUT2D eigenvalue weighted by Gasteiger charge is 2.17. The SMILES string of the molecule is NC(C(=O)O)c1csc(NCc2ncc[nH]2)n1. The number of nitrogens with two attached hydrogens (primary N) is 1. The van der Waals surface area contributed by atoms with E-state index in [4.69, 9.17) is 10.8 Å². The Morgan fingerprint density at radius 3 is 3.18 bits per heavy atom. The van der Waals surface area contributed by atoms with Gasteiger partial charge in [-0.1, -0.05) is 0 Å². The number of hydrogen-bond acceptors (Lipinski definition) is 6. The third-order valence-electron chi connectivity index (χ3n) is 2.07. The van der Waals surface area contributed by atoms with Crippen LogP contribution in [0.3, 0.4) is 0 Å². The van der Waals surface area contributed by atoms with Crippen molar-refractivity contribution in [3.8, 4) is 0 Å². The van der Waals surface area contributed by atoms with Gasteiger partial charge in [0.25, 0.3) is 0 Å². The van der Waals surface area contributed by atoms with Crippen molar-refractivity contribution < 1.29 is 9.90 Å². The molecule has 2 aromatic heterocycles. The number of aromatic amines is 1. The normalized spacial score (nSPS) is 12.3. The van der Waals surface area contributed by atoms with E-state index in [0.717, 1.165) is 5.82 Å². The van der Waals surface area contributed by atoms with Gasteiger partial charge < -0.3 is 21.1 Å². The molecule has 7 nitrogen and oxygen atoms in total. The van der Waals surface area contributed by atoms with Gasteiger partial charge in [0.05, 0.1) is 12.2 Å². The van der Waals surface area contributed by atoms with E-state index in [9.17, 15) is 4.79 Å². The third-order valence-corrected chi connectivity index (χ3v) is 2.89. The molecule has 1 atom stereocenters. The zero-order valence-electron chi connectivity index (χ0n) is 8.75. The molecule has 2 heterocycles. The Morgan fingerprint density at radius 1 is 1.71 bits per heavy atom. The number of nitrogens with zero attached hydrogens (tertiary/aromatic N) is 2. The Bertz CT molecular complexity index is 495. The maximum absolute atomic E-state index is 10.7. The summed E-state index contributed by atoms with van der Waals surface area (Å²) < 4.78 is 0. The average molecular weight is 253 g/mol. The smallest absolute Gasteiger partial charge is 0.326 e. The van der Waals surface area contributed by atoms with Crippen LogP contribution in [0.25, 0.3) is 0 Å². The molecule has 0 aromatic carbocycles. The van der Waals surface area contributed by atoms with Crippen molar-refractivity contribution in [1.29, 1.82) is 0 Å². The van der Waals surface area contributed by atoms with Gasteiger partial charge in [-0.25, -0.2) is 9.97 Å². The van der Waals surface area contributed by atoms with E-state index in [0.29, 0.717) is 17.4 Å². The van der Waals surface area contributed by atoms with E-state index >= 15 is 0 Å². The monoisotopic (exact) mass is 253 g/mol. The lowest BCUT2D eigenvalue weighted by Gasteiger charge is -2.01. The summed E-state index contributed by atoms with van der Waals surface area (Å²) in [4.78, 5) is 21.7. The first-order chi connectivity index (χ1) is 8.16. The maximum Gasteiger partial charge on any atom is 0.326 e. The molecule has 5 N–H and O–H groups in total. The predicted molar refractivity (Wildman–Crippen MR) is 62.6 cm³/mol. The highest BCUT2D eigenvalue weighted by molar-refractivity contribution is 7.13. The quantitative estimate of drug-likeness (QED) is 0.618. The average Bonchev–Trinajstić information content (AvgIpc) is 2.96. The van der Waals surface area contributed by atoms with E-state index in [-0.39, 0.29) is 0 Å². The van der Waals surface area contributed by atoms with Crippen LogP contribution in [0.1, 0.15) is 17.6 Å². The summed E-state index contributed by atoms with van der Waals surface area (Å²) >= 11 is 1.31. The highest BCUT2D eigenvalue weighted by Crippen LogP contribution is 2.19. The van der Waals surface area contributed by atoms with Gasteiger partial charge in [0, 0.05) is 17.8 Å². The van der Waals surface area contributed by atoms with Gasteiger partial charge in [0.2, 0.25) is 0 Å². The summed E-state index contributed by atoms with van der Waals surface area (Å²) in [7, 11) is 0. The molecule has 0 saturated heterocycles. The van der Waals surface area contributed by atoms with Crippen LogP contribution >= 0.6 is 11.3 Å². The molecule has 8 heteroatoms. The van der Waals surface area contributed by atoms with Gasteiger partial charge in [-0.3, -0.25) is 4.79 Å². The van der Waals surface area contributed by atoms with Gasteiger partial charge in [0.1, 0.15) is 11.9 Å². The molecule has 2 aromatic rings. The molecule has 0 aliphatic heterocycles. The molecule has 0 spiro atoms. The van der Waals surface area contributed by atoms with Crippen LogP contribution in [0, 0.1) is 0 Å². The number of hydrogen-bond donors (Lipinski definition) is 4. The van der Waals surface area contributed by atoms with E-state index in [1.165, 1.54) is 11.3 Å². The van der Waals surface area contributed by atoms with Crippen LogP contribution in [0.4, 0.5) is 5.13 Å². The number of carboxylic acids is 1. The Morgan fingerprint density at radius 2 is 2.53 bits per heavy atom. The summed E-state index contributed by atoms with van der Waals surface area (Å²) in [5.74, 6) is -0.308. The lowest BCUT2D eigenvalue weighted by atomic mass is 10.2. The van der Waals surface area contributed by atoms with Gasteiger partial charge in [-0.2, -0.15) is 0 Å². The van der Waals surface area contributed by atoms with Crippen molar-refractivity contribution in [2.45, 2.75) is 12.6 Å². The zero-order valence-corrected chi connectivity index (χ0v) is 9.57. The topological polar surface area (TPSA) is 117 Å². The number of H-pyrrole nitrogens is 1. The number of nitrogens with one attached hydrogen (secondary N) is 2. The molecule has 0 fully saturated rings. The maximum atomic E-state index is 10.7. The van der Waals surface area contributed by atoms with Crippen molar-refractivity contribution in [2.75, 3.05) is 5.32 Å². The Kier molecular flexibility index (Phi) is 3.35. The van der Waals surface area contributed by atoms with Gasteiger partial charge in [0.15, 0.2) is 5.13 Å². The number of thiazole rings is 1. The molecule has 0 aliphatic carbocycles. The van der Waals surface area contributed by atoms with Crippen molar-refractivity contribution in [2.24, 2.45) is 5.73 Å². The first kappa shape index (κ1) is 11.6. The molecular formula is C9H11N5O2S.